The first kappa shape index (κ1) is 24.5. The molecule has 1 aliphatic heterocycles. The third-order valence-corrected chi connectivity index (χ3v) is 6.18. The maximum Gasteiger partial charge on any atom is 0.323 e. The Morgan fingerprint density at radius 2 is 1.81 bits per heavy atom. The van der Waals surface area contributed by atoms with Gasteiger partial charge in [-0.3, -0.25) is 5.32 Å². The highest BCUT2D eigenvalue weighted by Crippen LogP contribution is 2.30. The van der Waals surface area contributed by atoms with Crippen molar-refractivity contribution in [3.8, 4) is 11.8 Å². The van der Waals surface area contributed by atoms with Crippen LogP contribution in [0.15, 0.2) is 60.8 Å². The molecule has 3 aromatic rings. The van der Waals surface area contributed by atoms with E-state index in [4.69, 9.17) is 4.74 Å². The number of benzene rings is 2. The van der Waals surface area contributed by atoms with Gasteiger partial charge in [-0.05, 0) is 73.2 Å². The number of urea groups is 2. The lowest BCUT2D eigenvalue weighted by molar-refractivity contribution is 0.194. The first-order chi connectivity index (χ1) is 17.5. The number of likely N-dealkylation sites (tertiary alicyclic amines) is 1. The van der Waals surface area contributed by atoms with Crippen molar-refractivity contribution in [2.24, 2.45) is 0 Å². The van der Waals surface area contributed by atoms with Crippen molar-refractivity contribution in [1.29, 1.82) is 5.26 Å². The van der Waals surface area contributed by atoms with Crippen molar-refractivity contribution < 1.29 is 14.3 Å². The zero-order chi connectivity index (χ0) is 25.5. The highest BCUT2D eigenvalue weighted by Gasteiger charge is 2.24. The van der Waals surface area contributed by atoms with E-state index >= 15 is 0 Å². The number of nitrogens with one attached hydrogen (secondary N) is 3. The van der Waals surface area contributed by atoms with E-state index in [9.17, 15) is 14.9 Å². The minimum absolute atomic E-state index is 0.251. The Morgan fingerprint density at radius 1 is 1.06 bits per heavy atom. The lowest BCUT2D eigenvalue weighted by atomic mass is 9.89. The van der Waals surface area contributed by atoms with Crippen LogP contribution in [0.25, 0.3) is 0 Å². The van der Waals surface area contributed by atoms with E-state index in [1.54, 1.807) is 30.3 Å². The summed E-state index contributed by atoms with van der Waals surface area (Å²) in [6.45, 7) is 3.15. The molecular weight excluding hydrogens is 456 g/mol. The molecule has 3 N–H and O–H groups in total. The molecule has 1 aliphatic rings. The minimum Gasteiger partial charge on any atom is -0.495 e. The molecule has 4 amide bonds. The van der Waals surface area contributed by atoms with Crippen molar-refractivity contribution in [2.75, 3.05) is 36.1 Å². The number of pyridine rings is 1. The molecule has 0 radical (unpaired) electrons. The quantitative estimate of drug-likeness (QED) is 0.452. The van der Waals surface area contributed by atoms with Crippen LogP contribution in [0.2, 0.25) is 0 Å². The summed E-state index contributed by atoms with van der Waals surface area (Å²) in [4.78, 5) is 30.9. The highest BCUT2D eigenvalue weighted by molar-refractivity contribution is 6.00. The van der Waals surface area contributed by atoms with Crippen molar-refractivity contribution in [1.82, 2.24) is 9.88 Å². The first-order valence-corrected chi connectivity index (χ1v) is 11.7. The van der Waals surface area contributed by atoms with Crippen LogP contribution in [-0.2, 0) is 0 Å². The number of rotatable bonds is 5. The summed E-state index contributed by atoms with van der Waals surface area (Å²) in [6, 6.07) is 18.1. The van der Waals surface area contributed by atoms with E-state index in [0.29, 0.717) is 41.7 Å². The number of nitrogens with zero attached hydrogens (tertiary/aromatic N) is 3. The SMILES string of the molecule is COc1ccc(C)cc1NC(=O)Nc1ccc(C2CCN(C(=O)Nc3ncccc3C#N)CC2)cc1. The minimum atomic E-state index is -0.349. The zero-order valence-electron chi connectivity index (χ0n) is 20.2. The molecule has 9 heteroatoms. The molecule has 2 aromatic carbocycles. The number of hydrogen-bond acceptors (Lipinski definition) is 5. The van der Waals surface area contributed by atoms with Crippen molar-refractivity contribution in [3.05, 3.63) is 77.5 Å². The van der Waals surface area contributed by atoms with Crippen LogP contribution >= 0.6 is 0 Å². The Morgan fingerprint density at radius 3 is 2.50 bits per heavy atom. The van der Waals surface area contributed by atoms with Crippen LogP contribution in [0, 0.1) is 18.3 Å². The molecular formula is C27H28N6O3. The van der Waals surface area contributed by atoms with Crippen molar-refractivity contribution >= 4 is 29.3 Å². The molecule has 0 bridgehead atoms. The molecule has 0 atom stereocenters. The maximum atomic E-state index is 12.6. The summed E-state index contributed by atoms with van der Waals surface area (Å²) in [5, 5.41) is 17.6. The van der Waals surface area contributed by atoms with E-state index in [1.807, 2.05) is 55.5 Å². The van der Waals surface area contributed by atoms with Crippen LogP contribution < -0.4 is 20.7 Å². The topological polar surface area (TPSA) is 119 Å². The number of nitriles is 1. The Kier molecular flexibility index (Phi) is 7.66. The molecule has 1 fully saturated rings. The molecule has 4 rings (SSSR count). The van der Waals surface area contributed by atoms with Gasteiger partial charge in [-0.15, -0.1) is 0 Å². The van der Waals surface area contributed by atoms with Crippen LogP contribution in [0.3, 0.4) is 0 Å². The van der Waals surface area contributed by atoms with Crippen molar-refractivity contribution in [2.45, 2.75) is 25.7 Å². The summed E-state index contributed by atoms with van der Waals surface area (Å²) >= 11 is 0. The number of aryl methyl sites for hydroxylation is 1. The molecule has 0 saturated carbocycles. The average molecular weight is 485 g/mol. The second-order valence-corrected chi connectivity index (χ2v) is 8.61. The number of carbonyl (C=O) groups excluding carboxylic acids is 2. The Balaban J connectivity index is 1.29. The van der Waals surface area contributed by atoms with Gasteiger partial charge in [0.25, 0.3) is 0 Å². The number of methoxy groups -OCH3 is 1. The van der Waals surface area contributed by atoms with Gasteiger partial charge in [0.05, 0.1) is 18.4 Å². The molecule has 1 aromatic heterocycles. The lowest BCUT2D eigenvalue weighted by Gasteiger charge is -2.32. The van der Waals surface area contributed by atoms with Gasteiger partial charge < -0.3 is 20.3 Å². The van der Waals surface area contributed by atoms with Gasteiger partial charge in [-0.2, -0.15) is 5.26 Å². The zero-order valence-corrected chi connectivity index (χ0v) is 20.2. The summed E-state index contributed by atoms with van der Waals surface area (Å²) < 4.78 is 5.31. The van der Waals surface area contributed by atoms with E-state index < -0.39 is 0 Å². The molecule has 184 valence electrons. The van der Waals surface area contributed by atoms with Gasteiger partial charge in [0, 0.05) is 25.0 Å². The molecule has 0 spiro atoms. The molecule has 36 heavy (non-hydrogen) atoms. The van der Waals surface area contributed by atoms with Gasteiger partial charge in [-0.1, -0.05) is 18.2 Å². The maximum absolute atomic E-state index is 12.6. The van der Waals surface area contributed by atoms with Crippen LogP contribution in [0.1, 0.15) is 35.4 Å². The monoisotopic (exact) mass is 484 g/mol. The van der Waals surface area contributed by atoms with E-state index in [2.05, 4.69) is 20.9 Å². The predicted octanol–water partition coefficient (Wildman–Crippen LogP) is 5.33. The van der Waals surface area contributed by atoms with Gasteiger partial charge in [0.2, 0.25) is 0 Å². The first-order valence-electron chi connectivity index (χ1n) is 11.7. The third-order valence-electron chi connectivity index (χ3n) is 6.18. The molecule has 0 unspecified atom stereocenters. The number of anilines is 3. The smallest absolute Gasteiger partial charge is 0.323 e. The summed E-state index contributed by atoms with van der Waals surface area (Å²) in [6.07, 6.45) is 3.19. The Hall–Kier alpha value is -4.58. The number of ether oxygens (including phenoxy) is 1. The predicted molar refractivity (Wildman–Crippen MR) is 138 cm³/mol. The van der Waals surface area contributed by atoms with Crippen LogP contribution in [-0.4, -0.2) is 42.1 Å². The third kappa shape index (κ3) is 5.91. The van der Waals surface area contributed by atoms with Crippen molar-refractivity contribution in [3.63, 3.8) is 0 Å². The van der Waals surface area contributed by atoms with Gasteiger partial charge in [-0.25, -0.2) is 14.6 Å². The number of hydrogen-bond donors (Lipinski definition) is 3. The molecule has 9 nitrogen and oxygen atoms in total. The average Bonchev–Trinajstić information content (AvgIpc) is 2.89. The highest BCUT2D eigenvalue weighted by atomic mass is 16.5. The fourth-order valence-electron chi connectivity index (χ4n) is 4.23. The van der Waals surface area contributed by atoms with Gasteiger partial charge in [0.1, 0.15) is 11.8 Å². The van der Waals surface area contributed by atoms with E-state index in [0.717, 1.165) is 24.0 Å². The second kappa shape index (κ2) is 11.2. The summed E-state index contributed by atoms with van der Waals surface area (Å²) in [5.41, 5.74) is 3.80. The fraction of sp³-hybridized carbons (Fsp3) is 0.259. The van der Waals surface area contributed by atoms with Gasteiger partial charge >= 0.3 is 12.1 Å². The number of amides is 4. The fourth-order valence-corrected chi connectivity index (χ4v) is 4.23. The molecule has 1 saturated heterocycles. The van der Waals surface area contributed by atoms with Crippen LogP contribution in [0.4, 0.5) is 26.8 Å². The van der Waals surface area contributed by atoms with E-state index in [1.165, 1.54) is 0 Å². The normalized spacial score (nSPS) is 13.4. The van der Waals surface area contributed by atoms with Crippen LogP contribution in [0.5, 0.6) is 5.75 Å². The second-order valence-electron chi connectivity index (χ2n) is 8.61. The number of aromatic nitrogens is 1. The summed E-state index contributed by atoms with van der Waals surface area (Å²) in [7, 11) is 1.56. The van der Waals surface area contributed by atoms with Gasteiger partial charge in [0.15, 0.2) is 5.82 Å². The Labute approximate surface area is 210 Å². The number of piperidine rings is 1. The largest absolute Gasteiger partial charge is 0.495 e. The number of carbonyl (C=O) groups is 2. The molecule has 2 heterocycles. The Bertz CT molecular complexity index is 1280. The standard InChI is InChI=1S/C27H28N6O3/c1-18-5-10-24(36-2)23(16-18)31-26(34)30-22-8-6-19(7-9-22)20-11-14-33(15-12-20)27(35)32-25-21(17-28)4-3-13-29-25/h3-10,13,16,20H,11-12,14-15H2,1-2H3,(H,29,32,35)(H2,30,31,34). The molecule has 0 aliphatic carbocycles. The van der Waals surface area contributed by atoms with E-state index in [-0.39, 0.29) is 17.9 Å². The summed E-state index contributed by atoms with van der Waals surface area (Å²) in [5.74, 6) is 1.19. The lowest BCUT2D eigenvalue weighted by Crippen LogP contribution is -2.40.